The minimum Gasteiger partial charge on any atom is -0.495 e. The van der Waals surface area contributed by atoms with Gasteiger partial charge in [0.05, 0.1) is 12.7 Å². The second-order valence-electron chi connectivity index (χ2n) is 6.74. The van der Waals surface area contributed by atoms with E-state index < -0.39 is 15.6 Å². The van der Waals surface area contributed by atoms with Crippen molar-refractivity contribution in [2.45, 2.75) is 49.0 Å². The number of hydrogen-bond acceptors (Lipinski definition) is 5. The monoisotopic (exact) mass is 368 g/mol. The molecule has 2 fully saturated rings. The van der Waals surface area contributed by atoms with Crippen molar-refractivity contribution < 1.29 is 23.1 Å². The quantitative estimate of drug-likeness (QED) is 0.791. The minimum atomic E-state index is -3.87. The molecule has 1 saturated carbocycles. The summed E-state index contributed by atoms with van der Waals surface area (Å²) in [5, 5.41) is 10.4. The lowest BCUT2D eigenvalue weighted by molar-refractivity contribution is -0.117. The number of benzene rings is 1. The maximum Gasteiger partial charge on any atom is 0.244 e. The summed E-state index contributed by atoms with van der Waals surface area (Å²) in [6.45, 7) is 0.559. The van der Waals surface area contributed by atoms with Gasteiger partial charge < -0.3 is 14.7 Å². The molecule has 0 radical (unpaired) electrons. The lowest BCUT2D eigenvalue weighted by atomic mass is 10.0. The van der Waals surface area contributed by atoms with Crippen molar-refractivity contribution >= 4 is 21.6 Å². The molecule has 1 aromatic carbocycles. The van der Waals surface area contributed by atoms with E-state index in [-0.39, 0.29) is 23.1 Å². The topological polar surface area (TPSA) is 95.9 Å². The van der Waals surface area contributed by atoms with Crippen LogP contribution in [0, 0.1) is 0 Å². The number of aliphatic hydroxyl groups is 1. The summed E-state index contributed by atoms with van der Waals surface area (Å²) in [4.78, 5) is 13.5. The molecule has 1 aromatic rings. The van der Waals surface area contributed by atoms with Crippen LogP contribution < -0.4 is 14.4 Å². The zero-order chi connectivity index (χ0) is 18.1. The maximum absolute atomic E-state index is 12.8. The van der Waals surface area contributed by atoms with Gasteiger partial charge >= 0.3 is 0 Å². The Kier molecular flexibility index (Phi) is 5.04. The van der Waals surface area contributed by atoms with Crippen LogP contribution in [0.5, 0.6) is 5.75 Å². The summed E-state index contributed by atoms with van der Waals surface area (Å²) in [7, 11) is -2.47. The molecule has 7 nitrogen and oxygen atoms in total. The number of sulfonamides is 1. The fourth-order valence-electron chi connectivity index (χ4n) is 3.48. The molecule has 0 aromatic heterocycles. The number of hydrogen-bond donors (Lipinski definition) is 2. The van der Waals surface area contributed by atoms with Crippen molar-refractivity contribution in [1.29, 1.82) is 0 Å². The molecule has 3 rings (SSSR count). The largest absolute Gasteiger partial charge is 0.495 e. The molecule has 1 amide bonds. The highest BCUT2D eigenvalue weighted by molar-refractivity contribution is 7.89. The molecular formula is C17H24N2O5S. The summed E-state index contributed by atoms with van der Waals surface area (Å²) in [6, 6.07) is 4.70. The molecule has 0 unspecified atom stereocenters. The molecule has 25 heavy (non-hydrogen) atoms. The van der Waals surface area contributed by atoms with Crippen LogP contribution in [0.15, 0.2) is 23.1 Å². The summed E-state index contributed by atoms with van der Waals surface area (Å²) >= 11 is 0. The highest BCUT2D eigenvalue weighted by Crippen LogP contribution is 2.32. The third-order valence-electron chi connectivity index (χ3n) is 4.95. The molecule has 1 saturated heterocycles. The standard InChI is InChI=1S/C17H24N2O5S/c1-24-14-7-6-13(19-10-4-5-16(19)20)11-15(14)25(22,23)18-12-17(21)8-2-3-9-17/h6-7,11,18,21H,2-5,8-10,12H2,1H3. The highest BCUT2D eigenvalue weighted by atomic mass is 32.2. The van der Waals surface area contributed by atoms with Gasteiger partial charge in [-0.25, -0.2) is 13.1 Å². The normalized spacial score (nSPS) is 20.2. The van der Waals surface area contributed by atoms with Crippen molar-refractivity contribution in [3.63, 3.8) is 0 Å². The van der Waals surface area contributed by atoms with Crippen LogP contribution in [-0.4, -0.2) is 45.2 Å². The second kappa shape index (κ2) is 6.93. The van der Waals surface area contributed by atoms with Gasteiger partial charge in [0.1, 0.15) is 10.6 Å². The summed E-state index contributed by atoms with van der Waals surface area (Å²) in [5.74, 6) is 0.197. The summed E-state index contributed by atoms with van der Waals surface area (Å²) in [6.07, 6.45) is 4.21. The first-order valence-electron chi connectivity index (χ1n) is 8.55. The summed E-state index contributed by atoms with van der Waals surface area (Å²) in [5.41, 5.74) is -0.439. The third-order valence-corrected chi connectivity index (χ3v) is 6.37. The Bertz CT molecular complexity index is 756. The van der Waals surface area contributed by atoms with Crippen molar-refractivity contribution in [3.05, 3.63) is 18.2 Å². The molecule has 0 atom stereocenters. The Hall–Kier alpha value is -1.64. The zero-order valence-electron chi connectivity index (χ0n) is 14.3. The number of carbonyl (C=O) groups is 1. The lowest BCUT2D eigenvalue weighted by Gasteiger charge is -2.23. The van der Waals surface area contributed by atoms with Crippen LogP contribution in [0.2, 0.25) is 0 Å². The molecule has 2 aliphatic rings. The van der Waals surface area contributed by atoms with E-state index in [9.17, 15) is 18.3 Å². The molecular weight excluding hydrogens is 344 g/mol. The number of carbonyl (C=O) groups excluding carboxylic acids is 1. The molecule has 8 heteroatoms. The third kappa shape index (κ3) is 3.80. The van der Waals surface area contributed by atoms with E-state index in [2.05, 4.69) is 4.72 Å². The van der Waals surface area contributed by atoms with Gasteiger partial charge in [0, 0.05) is 25.2 Å². The smallest absolute Gasteiger partial charge is 0.244 e. The van der Waals surface area contributed by atoms with Crippen LogP contribution in [0.3, 0.4) is 0 Å². The van der Waals surface area contributed by atoms with Crippen molar-refractivity contribution in [2.75, 3.05) is 25.1 Å². The Morgan fingerprint density at radius 2 is 2.00 bits per heavy atom. The van der Waals surface area contributed by atoms with Crippen LogP contribution in [0.1, 0.15) is 38.5 Å². The number of ether oxygens (including phenoxy) is 1. The van der Waals surface area contributed by atoms with Crippen molar-refractivity contribution in [2.24, 2.45) is 0 Å². The van der Waals surface area contributed by atoms with Gasteiger partial charge in [-0.2, -0.15) is 0 Å². The molecule has 0 spiro atoms. The van der Waals surface area contributed by atoms with E-state index in [1.165, 1.54) is 13.2 Å². The fourth-order valence-corrected chi connectivity index (χ4v) is 4.79. The highest BCUT2D eigenvalue weighted by Gasteiger charge is 2.33. The van der Waals surface area contributed by atoms with Crippen LogP contribution >= 0.6 is 0 Å². The SMILES string of the molecule is COc1ccc(N2CCCC2=O)cc1S(=O)(=O)NCC1(O)CCCC1. The number of nitrogens with one attached hydrogen (secondary N) is 1. The van der Waals surface area contributed by atoms with Crippen LogP contribution in [0.4, 0.5) is 5.69 Å². The summed E-state index contributed by atoms with van der Waals surface area (Å²) < 4.78 is 33.2. The minimum absolute atomic E-state index is 0.0123. The van der Waals surface area contributed by atoms with E-state index in [1.54, 1.807) is 17.0 Å². The van der Waals surface area contributed by atoms with Crippen LogP contribution in [0.25, 0.3) is 0 Å². The number of rotatable bonds is 6. The average Bonchev–Trinajstić information content (AvgIpc) is 3.22. The Morgan fingerprint density at radius 3 is 2.60 bits per heavy atom. The molecule has 0 bridgehead atoms. The fraction of sp³-hybridized carbons (Fsp3) is 0.588. The second-order valence-corrected chi connectivity index (χ2v) is 8.48. The van der Waals surface area contributed by atoms with Crippen LogP contribution in [-0.2, 0) is 14.8 Å². The predicted octanol–water partition coefficient (Wildman–Crippen LogP) is 1.41. The predicted molar refractivity (Wildman–Crippen MR) is 93.2 cm³/mol. The van der Waals surface area contributed by atoms with Gasteiger partial charge in [-0.3, -0.25) is 4.79 Å². The van der Waals surface area contributed by atoms with Gasteiger partial charge in [-0.1, -0.05) is 12.8 Å². The first-order valence-corrected chi connectivity index (χ1v) is 10.0. The Balaban J connectivity index is 1.86. The van der Waals surface area contributed by atoms with E-state index in [0.29, 0.717) is 31.5 Å². The van der Waals surface area contributed by atoms with Gasteiger partial charge in [0.25, 0.3) is 0 Å². The Morgan fingerprint density at radius 1 is 1.28 bits per heavy atom. The van der Waals surface area contributed by atoms with Gasteiger partial charge in [-0.15, -0.1) is 0 Å². The van der Waals surface area contributed by atoms with E-state index in [0.717, 1.165) is 19.3 Å². The molecule has 1 heterocycles. The number of methoxy groups -OCH3 is 1. The van der Waals surface area contributed by atoms with Gasteiger partial charge in [-0.05, 0) is 37.5 Å². The molecule has 1 aliphatic heterocycles. The van der Waals surface area contributed by atoms with E-state index in [4.69, 9.17) is 4.74 Å². The first-order chi connectivity index (χ1) is 11.8. The molecule has 138 valence electrons. The van der Waals surface area contributed by atoms with E-state index >= 15 is 0 Å². The molecule has 2 N–H and O–H groups in total. The number of amides is 1. The van der Waals surface area contributed by atoms with Gasteiger partial charge in [0.2, 0.25) is 15.9 Å². The average molecular weight is 368 g/mol. The molecule has 1 aliphatic carbocycles. The first kappa shape index (κ1) is 18.2. The van der Waals surface area contributed by atoms with E-state index in [1.807, 2.05) is 0 Å². The number of anilines is 1. The number of nitrogens with zero attached hydrogens (tertiary/aromatic N) is 1. The van der Waals surface area contributed by atoms with Gasteiger partial charge in [0.15, 0.2) is 0 Å². The lowest BCUT2D eigenvalue weighted by Crippen LogP contribution is -2.40. The maximum atomic E-state index is 12.8. The van der Waals surface area contributed by atoms with Crippen molar-refractivity contribution in [3.8, 4) is 5.75 Å². The Labute approximate surface area is 148 Å². The van der Waals surface area contributed by atoms with Crippen molar-refractivity contribution in [1.82, 2.24) is 4.72 Å². The zero-order valence-corrected chi connectivity index (χ0v) is 15.1.